The zero-order valence-electron chi connectivity index (χ0n) is 13.6. The molecule has 4 rings (SSSR count). The molecule has 0 fully saturated rings. The summed E-state index contributed by atoms with van der Waals surface area (Å²) in [6, 6.07) is 4.74. The van der Waals surface area contributed by atoms with E-state index in [4.69, 9.17) is 9.47 Å². The number of benzene rings is 1. The van der Waals surface area contributed by atoms with Gasteiger partial charge in [-0.1, -0.05) is 6.07 Å². The third-order valence-electron chi connectivity index (χ3n) is 4.13. The fourth-order valence-electron chi connectivity index (χ4n) is 2.84. The van der Waals surface area contributed by atoms with Gasteiger partial charge in [-0.15, -0.1) is 11.8 Å². The summed E-state index contributed by atoms with van der Waals surface area (Å²) >= 11 is 1.33. The van der Waals surface area contributed by atoms with Gasteiger partial charge in [0.2, 0.25) is 18.6 Å². The normalized spacial score (nSPS) is 20.2. The Kier molecular flexibility index (Phi) is 4.37. The number of hydrogen-bond donors (Lipinski definition) is 1. The van der Waals surface area contributed by atoms with E-state index in [1.54, 1.807) is 29.7 Å². The zero-order chi connectivity index (χ0) is 18.1. The highest BCUT2D eigenvalue weighted by atomic mass is 32.2. The summed E-state index contributed by atoms with van der Waals surface area (Å²) in [5, 5.41) is 4.03. The number of thioether (sulfide) groups is 1. The van der Waals surface area contributed by atoms with Gasteiger partial charge >= 0.3 is 6.03 Å². The fraction of sp³-hybridized carbons (Fsp3) is 0.294. The molecule has 0 aromatic heterocycles. The number of nitrogens with one attached hydrogen (secondary N) is 1. The number of rotatable bonds is 5. The number of carbonyl (C=O) groups is 3. The van der Waals surface area contributed by atoms with Gasteiger partial charge in [-0.2, -0.15) is 4.99 Å². The molecule has 26 heavy (non-hydrogen) atoms. The maximum atomic E-state index is 12.3. The molecule has 1 aromatic rings. The van der Waals surface area contributed by atoms with Crippen LogP contribution in [0.5, 0.6) is 11.5 Å². The van der Waals surface area contributed by atoms with Gasteiger partial charge in [-0.25, -0.2) is 4.79 Å². The lowest BCUT2D eigenvalue weighted by Crippen LogP contribution is -2.49. The average Bonchev–Trinajstić information content (AvgIpc) is 3.26. The highest BCUT2D eigenvalue weighted by Crippen LogP contribution is 2.32. The quantitative estimate of drug-likeness (QED) is 0.830. The third kappa shape index (κ3) is 3.17. The van der Waals surface area contributed by atoms with Crippen molar-refractivity contribution in [3.05, 3.63) is 35.2 Å². The second-order valence-electron chi connectivity index (χ2n) is 5.84. The van der Waals surface area contributed by atoms with E-state index in [1.807, 2.05) is 0 Å². The minimum absolute atomic E-state index is 0.0956. The van der Waals surface area contributed by atoms with E-state index >= 15 is 0 Å². The van der Waals surface area contributed by atoms with Crippen LogP contribution in [0.15, 0.2) is 34.7 Å². The van der Waals surface area contributed by atoms with Gasteiger partial charge in [0, 0.05) is 13.1 Å². The molecule has 0 radical (unpaired) electrons. The van der Waals surface area contributed by atoms with Crippen molar-refractivity contribution in [2.45, 2.75) is 11.7 Å². The van der Waals surface area contributed by atoms with Crippen molar-refractivity contribution in [1.82, 2.24) is 10.2 Å². The van der Waals surface area contributed by atoms with Crippen LogP contribution >= 0.6 is 11.8 Å². The molecule has 3 aliphatic rings. The Hall–Kier alpha value is -2.81. The van der Waals surface area contributed by atoms with E-state index in [2.05, 4.69) is 10.3 Å². The predicted octanol–water partition coefficient (Wildman–Crippen LogP) is 1.11. The van der Waals surface area contributed by atoms with Gasteiger partial charge in [-0.3, -0.25) is 14.5 Å². The lowest BCUT2D eigenvalue weighted by atomic mass is 10.1. The highest BCUT2D eigenvalue weighted by Gasteiger charge is 2.38. The fourth-order valence-corrected chi connectivity index (χ4v) is 3.73. The number of nitrogens with zero attached hydrogens (tertiary/aromatic N) is 2. The van der Waals surface area contributed by atoms with E-state index in [0.717, 1.165) is 10.5 Å². The minimum atomic E-state index is -0.585. The molecule has 0 spiro atoms. The lowest BCUT2D eigenvalue weighted by Gasteiger charge is -2.25. The second kappa shape index (κ2) is 6.83. The molecular weight excluding hydrogens is 358 g/mol. The topological polar surface area (TPSA) is 97.3 Å². The van der Waals surface area contributed by atoms with Crippen LogP contribution in [0.1, 0.15) is 5.56 Å². The van der Waals surface area contributed by atoms with Crippen molar-refractivity contribution in [3.8, 4) is 11.5 Å². The summed E-state index contributed by atoms with van der Waals surface area (Å²) in [5.41, 5.74) is 1.28. The molecular formula is C17H15N3O5S. The van der Waals surface area contributed by atoms with Crippen molar-refractivity contribution in [2.24, 2.45) is 4.99 Å². The Labute approximate surface area is 153 Å². The van der Waals surface area contributed by atoms with E-state index in [-0.39, 0.29) is 38.1 Å². The Morgan fingerprint density at radius 3 is 3.04 bits per heavy atom. The molecule has 1 aromatic carbocycles. The van der Waals surface area contributed by atoms with Crippen molar-refractivity contribution in [3.63, 3.8) is 0 Å². The minimum Gasteiger partial charge on any atom is -0.454 e. The lowest BCUT2D eigenvalue weighted by molar-refractivity contribution is -0.127. The number of ether oxygens (including phenoxy) is 2. The standard InChI is InChI=1S/C17H15N3O5S/c21-14(8-10-1-2-12-13(7-10)25-9-24-12)18-4-5-20-16(22)15-11(3-6-26-15)19-17(20)23/h1-3,6-7,15H,4-5,8-9H2,(H,18,21). The van der Waals surface area contributed by atoms with Gasteiger partial charge in [0.25, 0.3) is 0 Å². The number of allylic oxidation sites excluding steroid dienone is 1. The summed E-state index contributed by atoms with van der Waals surface area (Å²) in [6.45, 7) is 0.455. The molecule has 0 saturated carbocycles. The van der Waals surface area contributed by atoms with Gasteiger partial charge in [-0.05, 0) is 29.2 Å². The first kappa shape index (κ1) is 16.6. The van der Waals surface area contributed by atoms with Crippen LogP contribution in [0.25, 0.3) is 0 Å². The molecule has 0 saturated heterocycles. The summed E-state index contributed by atoms with van der Waals surface area (Å²) in [7, 11) is 0. The van der Waals surface area contributed by atoms with Crippen molar-refractivity contribution >= 4 is 35.3 Å². The van der Waals surface area contributed by atoms with Crippen molar-refractivity contribution in [1.29, 1.82) is 0 Å². The summed E-state index contributed by atoms with van der Waals surface area (Å²) in [6.07, 6.45) is 1.85. The Balaban J connectivity index is 1.29. The summed E-state index contributed by atoms with van der Waals surface area (Å²) in [4.78, 5) is 41.4. The van der Waals surface area contributed by atoms with Gasteiger partial charge in [0.1, 0.15) is 5.25 Å². The SMILES string of the molecule is O=C(Cc1ccc2c(c1)OCO2)NCCN1C(=O)N=C2C=CSC2C1=O. The van der Waals surface area contributed by atoms with Crippen LogP contribution in [0.2, 0.25) is 0 Å². The second-order valence-corrected chi connectivity index (χ2v) is 6.86. The van der Waals surface area contributed by atoms with Crippen LogP contribution in [0.3, 0.4) is 0 Å². The molecule has 0 aliphatic carbocycles. The smallest absolute Gasteiger partial charge is 0.350 e. The summed E-state index contributed by atoms with van der Waals surface area (Å²) < 4.78 is 10.5. The van der Waals surface area contributed by atoms with E-state index in [0.29, 0.717) is 17.2 Å². The number of urea groups is 1. The van der Waals surface area contributed by atoms with Gasteiger partial charge in [0.15, 0.2) is 11.5 Å². The van der Waals surface area contributed by atoms with E-state index in [9.17, 15) is 14.4 Å². The van der Waals surface area contributed by atoms with Crippen LogP contribution in [-0.2, 0) is 16.0 Å². The molecule has 0 bridgehead atoms. The zero-order valence-corrected chi connectivity index (χ0v) is 14.5. The number of fused-ring (bicyclic) bond motifs is 2. The molecule has 9 heteroatoms. The van der Waals surface area contributed by atoms with Crippen molar-refractivity contribution < 1.29 is 23.9 Å². The first-order valence-electron chi connectivity index (χ1n) is 8.03. The first-order valence-corrected chi connectivity index (χ1v) is 8.97. The van der Waals surface area contributed by atoms with Crippen molar-refractivity contribution in [2.75, 3.05) is 19.9 Å². The molecule has 4 amide bonds. The molecule has 3 aliphatic heterocycles. The third-order valence-corrected chi connectivity index (χ3v) is 5.14. The average molecular weight is 373 g/mol. The Bertz CT molecular complexity index is 851. The molecule has 8 nitrogen and oxygen atoms in total. The van der Waals surface area contributed by atoms with Gasteiger partial charge < -0.3 is 14.8 Å². The van der Waals surface area contributed by atoms with Crippen LogP contribution in [0, 0.1) is 0 Å². The van der Waals surface area contributed by atoms with E-state index in [1.165, 1.54) is 11.8 Å². The molecule has 1 atom stereocenters. The Morgan fingerprint density at radius 2 is 2.15 bits per heavy atom. The van der Waals surface area contributed by atoms with Gasteiger partial charge in [0.05, 0.1) is 12.1 Å². The van der Waals surface area contributed by atoms with Crippen LogP contribution < -0.4 is 14.8 Å². The molecule has 1 unspecified atom stereocenters. The first-order chi connectivity index (χ1) is 12.6. The van der Waals surface area contributed by atoms with E-state index < -0.39 is 11.3 Å². The number of amides is 4. The number of imide groups is 1. The Morgan fingerprint density at radius 1 is 1.31 bits per heavy atom. The monoisotopic (exact) mass is 373 g/mol. The van der Waals surface area contributed by atoms with Crippen LogP contribution in [0.4, 0.5) is 4.79 Å². The van der Waals surface area contributed by atoms with Crippen LogP contribution in [-0.4, -0.2) is 53.6 Å². The molecule has 3 heterocycles. The predicted molar refractivity (Wildman–Crippen MR) is 94.3 cm³/mol. The number of hydrogen-bond acceptors (Lipinski definition) is 6. The molecule has 1 N–H and O–H groups in total. The maximum Gasteiger partial charge on any atom is 0.350 e. The number of carbonyl (C=O) groups excluding carboxylic acids is 3. The molecule has 134 valence electrons. The maximum absolute atomic E-state index is 12.3. The number of aliphatic imine (C=N–C) groups is 1. The largest absolute Gasteiger partial charge is 0.454 e. The summed E-state index contributed by atoms with van der Waals surface area (Å²) in [5.74, 6) is 0.786. The highest BCUT2D eigenvalue weighted by molar-refractivity contribution is 8.04.